The third-order valence-electron chi connectivity index (χ3n) is 3.72. The zero-order valence-electron chi connectivity index (χ0n) is 14.2. The topological polar surface area (TPSA) is 93.0 Å². The van der Waals surface area contributed by atoms with Gasteiger partial charge >= 0.3 is 6.09 Å². The lowest BCUT2D eigenvalue weighted by atomic mass is 10.0. The van der Waals surface area contributed by atoms with E-state index in [0.29, 0.717) is 0 Å². The maximum atomic E-state index is 12.2. The molecule has 1 fully saturated rings. The molecule has 1 saturated heterocycles. The molecule has 0 bridgehead atoms. The molecule has 1 aliphatic rings. The van der Waals surface area contributed by atoms with Gasteiger partial charge in [0.2, 0.25) is 5.91 Å². The van der Waals surface area contributed by atoms with Crippen molar-refractivity contribution >= 4 is 17.7 Å². The van der Waals surface area contributed by atoms with Crippen molar-refractivity contribution in [3.63, 3.8) is 0 Å². The van der Waals surface area contributed by atoms with Crippen molar-refractivity contribution in [2.24, 2.45) is 0 Å². The molecule has 8 nitrogen and oxygen atoms in total. The molecule has 0 saturated carbocycles. The third kappa shape index (κ3) is 4.01. The first-order valence-corrected chi connectivity index (χ1v) is 7.56. The quantitative estimate of drug-likeness (QED) is 0.611. The van der Waals surface area contributed by atoms with E-state index in [-0.39, 0.29) is 30.7 Å². The first-order valence-electron chi connectivity index (χ1n) is 7.56. The first kappa shape index (κ1) is 17.7. The summed E-state index contributed by atoms with van der Waals surface area (Å²) in [5.41, 5.74) is 0.0593. The molecule has 0 spiro atoms. The number of nitro benzene ring substituents is 1. The number of nitrogens with zero attached hydrogens (tertiary/aromatic N) is 3. The van der Waals surface area contributed by atoms with Gasteiger partial charge in [0, 0.05) is 25.7 Å². The van der Waals surface area contributed by atoms with E-state index in [9.17, 15) is 19.7 Å². The van der Waals surface area contributed by atoms with Gasteiger partial charge in [-0.3, -0.25) is 19.8 Å². The van der Waals surface area contributed by atoms with E-state index in [2.05, 4.69) is 0 Å². The number of carbonyl (C=O) groups excluding carboxylic acids is 2. The van der Waals surface area contributed by atoms with Gasteiger partial charge in [0.05, 0.1) is 11.0 Å². The van der Waals surface area contributed by atoms with Crippen LogP contribution >= 0.6 is 0 Å². The minimum atomic E-state index is -0.646. The number of amides is 2. The summed E-state index contributed by atoms with van der Waals surface area (Å²) in [6.07, 6.45) is -0.545. The van der Waals surface area contributed by atoms with Crippen LogP contribution in [0.3, 0.4) is 0 Å². The fourth-order valence-corrected chi connectivity index (χ4v) is 2.46. The molecule has 1 aromatic rings. The summed E-state index contributed by atoms with van der Waals surface area (Å²) in [6, 6.07) is 5.61. The minimum Gasteiger partial charge on any atom is -0.444 e. The van der Waals surface area contributed by atoms with Crippen molar-refractivity contribution in [3.05, 3.63) is 39.9 Å². The van der Waals surface area contributed by atoms with Gasteiger partial charge in [0.1, 0.15) is 12.1 Å². The smallest absolute Gasteiger partial charge is 0.410 e. The standard InChI is InChI=1S/C16H21N3O5/c1-16(2,3)24-15(21)18-9-13(17(4)14(20)10-18)11-5-7-12(8-6-11)19(22)23/h5-8,13H,9-10H2,1-4H3. The monoisotopic (exact) mass is 335 g/mol. The summed E-state index contributed by atoms with van der Waals surface area (Å²) in [5.74, 6) is -0.213. The Morgan fingerprint density at radius 3 is 2.38 bits per heavy atom. The summed E-state index contributed by atoms with van der Waals surface area (Å²) in [4.78, 5) is 37.6. The second kappa shape index (κ2) is 6.46. The molecule has 0 aromatic heterocycles. The predicted molar refractivity (Wildman–Crippen MR) is 86.4 cm³/mol. The Balaban J connectivity index is 2.20. The molecule has 1 atom stereocenters. The summed E-state index contributed by atoms with van der Waals surface area (Å²) < 4.78 is 5.32. The highest BCUT2D eigenvalue weighted by atomic mass is 16.6. The number of ether oxygens (including phenoxy) is 1. The zero-order chi connectivity index (χ0) is 18.1. The summed E-state index contributed by atoms with van der Waals surface area (Å²) in [7, 11) is 1.65. The van der Waals surface area contributed by atoms with E-state index in [1.165, 1.54) is 17.0 Å². The molecule has 8 heteroatoms. The van der Waals surface area contributed by atoms with E-state index >= 15 is 0 Å². The summed E-state index contributed by atoms with van der Waals surface area (Å²) in [5, 5.41) is 10.8. The van der Waals surface area contributed by atoms with E-state index in [4.69, 9.17) is 4.74 Å². The Labute approximate surface area is 140 Å². The van der Waals surface area contributed by atoms with Gasteiger partial charge in [0.15, 0.2) is 0 Å². The largest absolute Gasteiger partial charge is 0.444 e. The highest BCUT2D eigenvalue weighted by Gasteiger charge is 2.35. The molecule has 1 heterocycles. The fraction of sp³-hybridized carbons (Fsp3) is 0.500. The van der Waals surface area contributed by atoms with Crippen LogP contribution in [0.5, 0.6) is 0 Å². The highest BCUT2D eigenvalue weighted by Crippen LogP contribution is 2.27. The van der Waals surface area contributed by atoms with Crippen molar-refractivity contribution in [3.8, 4) is 0 Å². The second-order valence-electron chi connectivity index (χ2n) is 6.73. The number of carbonyl (C=O) groups is 2. The van der Waals surface area contributed by atoms with E-state index in [1.54, 1.807) is 44.9 Å². The van der Waals surface area contributed by atoms with Crippen molar-refractivity contribution in [2.45, 2.75) is 32.4 Å². The Bertz CT molecular complexity index is 651. The maximum Gasteiger partial charge on any atom is 0.410 e. The average Bonchev–Trinajstić information content (AvgIpc) is 2.48. The average molecular weight is 335 g/mol. The van der Waals surface area contributed by atoms with Crippen LogP contribution in [0.25, 0.3) is 0 Å². The van der Waals surface area contributed by atoms with Gasteiger partial charge in [-0.15, -0.1) is 0 Å². The van der Waals surface area contributed by atoms with Crippen LogP contribution in [0.2, 0.25) is 0 Å². The fourth-order valence-electron chi connectivity index (χ4n) is 2.46. The number of piperazine rings is 1. The number of non-ortho nitro benzene ring substituents is 1. The molecule has 0 aliphatic carbocycles. The van der Waals surface area contributed by atoms with Gasteiger partial charge in [-0.05, 0) is 26.3 Å². The van der Waals surface area contributed by atoms with Crippen LogP contribution in [0.1, 0.15) is 32.4 Å². The minimum absolute atomic E-state index is 0.0208. The van der Waals surface area contributed by atoms with Crippen LogP contribution in [-0.2, 0) is 9.53 Å². The van der Waals surface area contributed by atoms with E-state index in [1.807, 2.05) is 0 Å². The first-order chi connectivity index (χ1) is 11.1. The van der Waals surface area contributed by atoms with Crippen molar-refractivity contribution < 1.29 is 19.2 Å². The van der Waals surface area contributed by atoms with Crippen LogP contribution in [0, 0.1) is 10.1 Å². The molecule has 1 aliphatic heterocycles. The predicted octanol–water partition coefficient (Wildman–Crippen LogP) is 2.34. The third-order valence-corrected chi connectivity index (χ3v) is 3.72. The molecular weight excluding hydrogens is 314 g/mol. The van der Waals surface area contributed by atoms with Gasteiger partial charge < -0.3 is 9.64 Å². The Kier molecular flexibility index (Phi) is 4.77. The lowest BCUT2D eigenvalue weighted by Gasteiger charge is -2.39. The van der Waals surface area contributed by atoms with Gasteiger partial charge in [-0.25, -0.2) is 4.79 Å². The van der Waals surface area contributed by atoms with Crippen LogP contribution in [-0.4, -0.2) is 52.5 Å². The van der Waals surface area contributed by atoms with Crippen LogP contribution < -0.4 is 0 Å². The highest BCUT2D eigenvalue weighted by molar-refractivity contribution is 5.84. The molecule has 0 N–H and O–H groups in total. The lowest BCUT2D eigenvalue weighted by molar-refractivity contribution is -0.384. The van der Waals surface area contributed by atoms with Crippen molar-refractivity contribution in [1.82, 2.24) is 9.80 Å². The SMILES string of the molecule is CN1C(=O)CN(C(=O)OC(C)(C)C)CC1c1ccc([N+](=O)[O-])cc1. The number of hydrogen-bond donors (Lipinski definition) is 0. The Morgan fingerprint density at radius 1 is 1.29 bits per heavy atom. The van der Waals surface area contributed by atoms with Gasteiger partial charge in [-0.1, -0.05) is 12.1 Å². The van der Waals surface area contributed by atoms with E-state index < -0.39 is 16.6 Å². The van der Waals surface area contributed by atoms with Crippen molar-refractivity contribution in [2.75, 3.05) is 20.1 Å². The molecule has 130 valence electrons. The van der Waals surface area contributed by atoms with Crippen LogP contribution in [0.15, 0.2) is 24.3 Å². The van der Waals surface area contributed by atoms with Gasteiger partial charge in [-0.2, -0.15) is 0 Å². The summed E-state index contributed by atoms with van der Waals surface area (Å²) >= 11 is 0. The van der Waals surface area contributed by atoms with E-state index in [0.717, 1.165) is 5.56 Å². The molecule has 2 amide bonds. The number of benzene rings is 1. The maximum absolute atomic E-state index is 12.2. The molecule has 1 unspecified atom stereocenters. The van der Waals surface area contributed by atoms with Crippen LogP contribution in [0.4, 0.5) is 10.5 Å². The number of likely N-dealkylation sites (N-methyl/N-ethyl adjacent to an activating group) is 1. The van der Waals surface area contributed by atoms with Crippen molar-refractivity contribution in [1.29, 1.82) is 0 Å². The summed E-state index contributed by atoms with van der Waals surface area (Å²) in [6.45, 7) is 5.51. The Hall–Kier alpha value is -2.64. The second-order valence-corrected chi connectivity index (χ2v) is 6.73. The molecule has 1 aromatic carbocycles. The zero-order valence-corrected chi connectivity index (χ0v) is 14.2. The molecule has 2 rings (SSSR count). The number of hydrogen-bond acceptors (Lipinski definition) is 5. The number of nitro groups is 1. The lowest BCUT2D eigenvalue weighted by Crippen LogP contribution is -2.53. The molecule has 0 radical (unpaired) electrons. The number of rotatable bonds is 2. The molecular formula is C16H21N3O5. The Morgan fingerprint density at radius 2 is 1.88 bits per heavy atom. The molecule has 24 heavy (non-hydrogen) atoms. The van der Waals surface area contributed by atoms with Gasteiger partial charge in [0.25, 0.3) is 5.69 Å². The normalized spacial score (nSPS) is 18.5.